The number of pyridine rings is 1. The molecule has 0 aliphatic carbocycles. The van der Waals surface area contributed by atoms with Crippen molar-refractivity contribution in [1.29, 1.82) is 0 Å². The van der Waals surface area contributed by atoms with Gasteiger partial charge in [-0.1, -0.05) is 0 Å². The zero-order valence-electron chi connectivity index (χ0n) is 11.4. The average Bonchev–Trinajstić information content (AvgIpc) is 2.84. The van der Waals surface area contributed by atoms with E-state index in [1.165, 1.54) is 0 Å². The number of benzene rings is 1. The van der Waals surface area contributed by atoms with Crippen molar-refractivity contribution in [3.8, 4) is 0 Å². The molecule has 2 heterocycles. The third-order valence-corrected chi connectivity index (χ3v) is 3.23. The fourth-order valence-electron chi connectivity index (χ4n) is 2.24. The molecule has 0 radical (unpaired) electrons. The van der Waals surface area contributed by atoms with Crippen LogP contribution in [0.3, 0.4) is 0 Å². The highest BCUT2D eigenvalue weighted by Gasteiger charge is 2.02. The second kappa shape index (κ2) is 5.21. The average molecular weight is 267 g/mol. The molecule has 5 heteroatoms. The van der Waals surface area contributed by atoms with E-state index in [2.05, 4.69) is 15.4 Å². The Morgan fingerprint density at radius 3 is 2.95 bits per heavy atom. The SMILES string of the molecule is Cn1ccc(CCNc2ccnc3cc(N)ccc23)n1. The first-order chi connectivity index (χ1) is 9.72. The summed E-state index contributed by atoms with van der Waals surface area (Å²) in [6.07, 6.45) is 4.64. The molecule has 0 aliphatic heterocycles. The number of anilines is 2. The lowest BCUT2D eigenvalue weighted by atomic mass is 10.1. The maximum absolute atomic E-state index is 5.78. The summed E-state index contributed by atoms with van der Waals surface area (Å²) in [7, 11) is 1.93. The van der Waals surface area contributed by atoms with Crippen LogP contribution in [-0.2, 0) is 13.5 Å². The van der Waals surface area contributed by atoms with Gasteiger partial charge >= 0.3 is 0 Å². The van der Waals surface area contributed by atoms with E-state index in [1.54, 1.807) is 6.20 Å². The Morgan fingerprint density at radius 1 is 1.25 bits per heavy atom. The van der Waals surface area contributed by atoms with Gasteiger partial charge in [0.2, 0.25) is 0 Å². The maximum atomic E-state index is 5.78. The molecule has 3 rings (SSSR count). The molecule has 102 valence electrons. The van der Waals surface area contributed by atoms with Gasteiger partial charge in [-0.05, 0) is 30.3 Å². The number of fused-ring (bicyclic) bond motifs is 1. The second-order valence-corrected chi connectivity index (χ2v) is 4.79. The topological polar surface area (TPSA) is 68.8 Å². The molecule has 0 atom stereocenters. The molecule has 0 unspecified atom stereocenters. The molecule has 0 amide bonds. The molecule has 0 spiro atoms. The Morgan fingerprint density at radius 2 is 2.15 bits per heavy atom. The second-order valence-electron chi connectivity index (χ2n) is 4.79. The summed E-state index contributed by atoms with van der Waals surface area (Å²) < 4.78 is 1.82. The standard InChI is InChI=1S/C15H17N5/c1-20-9-6-12(19-20)4-7-17-14-5-8-18-15-10-11(16)2-3-13(14)15/h2-3,5-6,8-10H,4,7,16H2,1H3,(H,17,18). The van der Waals surface area contributed by atoms with Crippen LogP contribution in [0.1, 0.15) is 5.69 Å². The lowest BCUT2D eigenvalue weighted by Gasteiger charge is -2.09. The number of hydrogen-bond acceptors (Lipinski definition) is 4. The van der Waals surface area contributed by atoms with E-state index in [9.17, 15) is 0 Å². The molecule has 5 nitrogen and oxygen atoms in total. The van der Waals surface area contributed by atoms with E-state index < -0.39 is 0 Å². The fourth-order valence-corrected chi connectivity index (χ4v) is 2.24. The van der Waals surface area contributed by atoms with Crippen molar-refractivity contribution < 1.29 is 0 Å². The third kappa shape index (κ3) is 2.56. The maximum Gasteiger partial charge on any atom is 0.0743 e. The first-order valence-corrected chi connectivity index (χ1v) is 6.59. The Hall–Kier alpha value is -2.56. The minimum atomic E-state index is 0.732. The largest absolute Gasteiger partial charge is 0.399 e. The summed E-state index contributed by atoms with van der Waals surface area (Å²) in [5.41, 5.74) is 9.58. The summed E-state index contributed by atoms with van der Waals surface area (Å²) in [5, 5.41) is 8.88. The van der Waals surface area contributed by atoms with Crippen LogP contribution in [0.2, 0.25) is 0 Å². The molecule has 3 aromatic rings. The van der Waals surface area contributed by atoms with Gasteiger partial charge in [-0.15, -0.1) is 0 Å². The van der Waals surface area contributed by atoms with Crippen LogP contribution in [0.25, 0.3) is 10.9 Å². The highest BCUT2D eigenvalue weighted by molar-refractivity contribution is 5.92. The van der Waals surface area contributed by atoms with E-state index in [0.29, 0.717) is 0 Å². The summed E-state index contributed by atoms with van der Waals surface area (Å²) in [4.78, 5) is 4.34. The molecule has 0 bridgehead atoms. The lowest BCUT2D eigenvalue weighted by Crippen LogP contribution is -2.06. The van der Waals surface area contributed by atoms with Crippen LogP contribution >= 0.6 is 0 Å². The van der Waals surface area contributed by atoms with Crippen LogP contribution in [0.15, 0.2) is 42.7 Å². The van der Waals surface area contributed by atoms with Gasteiger partial charge in [0.15, 0.2) is 0 Å². The van der Waals surface area contributed by atoms with Crippen molar-refractivity contribution in [3.63, 3.8) is 0 Å². The summed E-state index contributed by atoms with van der Waals surface area (Å²) in [5.74, 6) is 0. The van der Waals surface area contributed by atoms with Crippen molar-refractivity contribution in [1.82, 2.24) is 14.8 Å². The van der Waals surface area contributed by atoms with Crippen molar-refractivity contribution in [2.24, 2.45) is 7.05 Å². The lowest BCUT2D eigenvalue weighted by molar-refractivity contribution is 0.742. The number of nitrogens with zero attached hydrogens (tertiary/aromatic N) is 3. The number of aryl methyl sites for hydroxylation is 1. The summed E-state index contributed by atoms with van der Waals surface area (Å²) >= 11 is 0. The normalized spacial score (nSPS) is 10.8. The van der Waals surface area contributed by atoms with Crippen molar-refractivity contribution in [3.05, 3.63) is 48.4 Å². The molecular formula is C15H17N5. The van der Waals surface area contributed by atoms with Gasteiger partial charge in [0.05, 0.1) is 11.2 Å². The minimum Gasteiger partial charge on any atom is -0.399 e. The Labute approximate surface area is 117 Å². The molecule has 0 saturated carbocycles. The molecule has 3 N–H and O–H groups in total. The quantitative estimate of drug-likeness (QED) is 0.711. The Bertz CT molecular complexity index is 732. The molecule has 0 saturated heterocycles. The van der Waals surface area contributed by atoms with E-state index >= 15 is 0 Å². The first-order valence-electron chi connectivity index (χ1n) is 6.59. The minimum absolute atomic E-state index is 0.732. The van der Waals surface area contributed by atoms with Crippen LogP contribution in [-0.4, -0.2) is 21.3 Å². The number of nitrogens with two attached hydrogens (primary N) is 1. The van der Waals surface area contributed by atoms with Gasteiger partial charge in [0.1, 0.15) is 0 Å². The number of rotatable bonds is 4. The molecule has 0 fully saturated rings. The number of hydrogen-bond donors (Lipinski definition) is 2. The Kier molecular flexibility index (Phi) is 3.25. The summed E-state index contributed by atoms with van der Waals surface area (Å²) in [6, 6.07) is 9.80. The van der Waals surface area contributed by atoms with E-state index in [0.717, 1.165) is 40.9 Å². The number of nitrogens with one attached hydrogen (secondary N) is 1. The van der Waals surface area contributed by atoms with Gasteiger partial charge < -0.3 is 11.1 Å². The monoisotopic (exact) mass is 267 g/mol. The van der Waals surface area contributed by atoms with Crippen molar-refractivity contribution in [2.45, 2.75) is 6.42 Å². The molecule has 2 aromatic heterocycles. The van der Waals surface area contributed by atoms with E-state index in [1.807, 2.05) is 48.3 Å². The highest BCUT2D eigenvalue weighted by atomic mass is 15.2. The van der Waals surface area contributed by atoms with Crippen LogP contribution in [0.5, 0.6) is 0 Å². The molecule has 0 aliphatic rings. The van der Waals surface area contributed by atoms with Crippen LogP contribution in [0, 0.1) is 0 Å². The number of nitrogen functional groups attached to an aromatic ring is 1. The predicted molar refractivity (Wildman–Crippen MR) is 81.6 cm³/mol. The van der Waals surface area contributed by atoms with Crippen molar-refractivity contribution in [2.75, 3.05) is 17.6 Å². The van der Waals surface area contributed by atoms with Gasteiger partial charge in [-0.2, -0.15) is 5.10 Å². The zero-order valence-corrected chi connectivity index (χ0v) is 11.4. The zero-order chi connectivity index (χ0) is 13.9. The van der Waals surface area contributed by atoms with Crippen LogP contribution in [0.4, 0.5) is 11.4 Å². The van der Waals surface area contributed by atoms with E-state index in [4.69, 9.17) is 5.73 Å². The van der Waals surface area contributed by atoms with E-state index in [-0.39, 0.29) is 0 Å². The smallest absolute Gasteiger partial charge is 0.0743 e. The molecule has 1 aromatic carbocycles. The third-order valence-electron chi connectivity index (χ3n) is 3.23. The fraction of sp³-hybridized carbons (Fsp3) is 0.200. The molecule has 20 heavy (non-hydrogen) atoms. The number of aromatic nitrogens is 3. The highest BCUT2D eigenvalue weighted by Crippen LogP contribution is 2.23. The van der Waals surface area contributed by atoms with Gasteiger partial charge in [-0.3, -0.25) is 9.67 Å². The predicted octanol–water partition coefficient (Wildman–Crippen LogP) is 2.21. The Balaban J connectivity index is 1.74. The van der Waals surface area contributed by atoms with Crippen molar-refractivity contribution >= 4 is 22.3 Å². The first kappa shape index (κ1) is 12.5. The van der Waals surface area contributed by atoms with Gasteiger partial charge in [-0.25, -0.2) is 0 Å². The van der Waals surface area contributed by atoms with Crippen LogP contribution < -0.4 is 11.1 Å². The molecular weight excluding hydrogens is 250 g/mol. The van der Waals surface area contributed by atoms with Gasteiger partial charge in [0.25, 0.3) is 0 Å². The van der Waals surface area contributed by atoms with Gasteiger partial charge in [0, 0.05) is 49.2 Å². The summed E-state index contributed by atoms with van der Waals surface area (Å²) in [6.45, 7) is 0.834.